The van der Waals surface area contributed by atoms with Crippen LogP contribution in [0.1, 0.15) is 44.6 Å². The molecule has 1 atom stereocenters. The Morgan fingerprint density at radius 2 is 1.84 bits per heavy atom. The van der Waals surface area contributed by atoms with Gasteiger partial charge in [0.1, 0.15) is 11.5 Å². The van der Waals surface area contributed by atoms with E-state index < -0.39 is 6.10 Å². The van der Waals surface area contributed by atoms with E-state index in [0.717, 1.165) is 35.5 Å². The second-order valence-corrected chi connectivity index (χ2v) is 5.35. The van der Waals surface area contributed by atoms with Crippen LogP contribution < -0.4 is 0 Å². The van der Waals surface area contributed by atoms with Crippen LogP contribution >= 0.6 is 0 Å². The summed E-state index contributed by atoms with van der Waals surface area (Å²) in [4.78, 5) is 0. The average molecular weight is 258 g/mol. The monoisotopic (exact) mass is 258 g/mol. The fourth-order valence-corrected chi connectivity index (χ4v) is 2.32. The molecule has 0 aliphatic carbocycles. The van der Waals surface area contributed by atoms with Gasteiger partial charge in [0.25, 0.3) is 0 Å². The molecular weight excluding hydrogens is 236 g/mol. The quantitative estimate of drug-likeness (QED) is 0.851. The lowest BCUT2D eigenvalue weighted by atomic mass is 9.98. The molecule has 0 saturated carbocycles. The summed E-state index contributed by atoms with van der Waals surface area (Å²) >= 11 is 0. The van der Waals surface area contributed by atoms with Gasteiger partial charge in [-0.1, -0.05) is 51.1 Å². The van der Waals surface area contributed by atoms with Gasteiger partial charge in [-0.2, -0.15) is 0 Å². The normalized spacial score (nSPS) is 12.9. The fourth-order valence-electron chi connectivity index (χ4n) is 2.32. The minimum absolute atomic E-state index is 0.434. The molecule has 2 heteroatoms. The minimum atomic E-state index is -0.434. The molecule has 0 spiro atoms. The first kappa shape index (κ1) is 13.9. The highest BCUT2D eigenvalue weighted by Crippen LogP contribution is 2.32. The lowest BCUT2D eigenvalue weighted by Gasteiger charge is -2.12. The summed E-state index contributed by atoms with van der Waals surface area (Å²) in [5, 5.41) is 10.3. The lowest BCUT2D eigenvalue weighted by molar-refractivity contribution is 0.149. The van der Waals surface area contributed by atoms with Gasteiger partial charge in [-0.05, 0) is 18.4 Å². The summed E-state index contributed by atoms with van der Waals surface area (Å²) in [6, 6.07) is 12.0. The maximum atomic E-state index is 10.3. The van der Waals surface area contributed by atoms with Crippen LogP contribution in [0.4, 0.5) is 0 Å². The van der Waals surface area contributed by atoms with Crippen LogP contribution in [-0.4, -0.2) is 5.11 Å². The van der Waals surface area contributed by atoms with Crippen molar-refractivity contribution in [2.75, 3.05) is 0 Å². The van der Waals surface area contributed by atoms with E-state index in [1.807, 2.05) is 36.4 Å². The molecule has 0 bridgehead atoms. The number of aryl methyl sites for hydroxylation is 1. The van der Waals surface area contributed by atoms with Crippen LogP contribution in [0.25, 0.3) is 11.3 Å². The van der Waals surface area contributed by atoms with Gasteiger partial charge >= 0.3 is 0 Å². The molecule has 1 unspecified atom stereocenters. The Bertz CT molecular complexity index is 511. The molecule has 1 aromatic carbocycles. The SMILES string of the molecule is CCc1oc(-c2ccccc2)cc1C(O)CC(C)C. The summed E-state index contributed by atoms with van der Waals surface area (Å²) in [5.41, 5.74) is 2.00. The molecule has 2 nitrogen and oxygen atoms in total. The molecule has 19 heavy (non-hydrogen) atoms. The smallest absolute Gasteiger partial charge is 0.134 e. The molecule has 0 radical (unpaired) electrons. The van der Waals surface area contributed by atoms with E-state index in [0.29, 0.717) is 5.92 Å². The van der Waals surface area contributed by atoms with Crippen molar-refractivity contribution in [3.05, 3.63) is 47.7 Å². The molecule has 1 heterocycles. The van der Waals surface area contributed by atoms with E-state index in [2.05, 4.69) is 20.8 Å². The summed E-state index contributed by atoms with van der Waals surface area (Å²) in [6.07, 6.45) is 1.13. The third-order valence-electron chi connectivity index (χ3n) is 3.27. The maximum absolute atomic E-state index is 10.3. The van der Waals surface area contributed by atoms with Crippen LogP contribution in [0.2, 0.25) is 0 Å². The van der Waals surface area contributed by atoms with Gasteiger partial charge in [0.05, 0.1) is 6.10 Å². The summed E-state index contributed by atoms with van der Waals surface area (Å²) < 4.78 is 5.89. The zero-order valence-corrected chi connectivity index (χ0v) is 11.9. The average Bonchev–Trinajstić information content (AvgIpc) is 2.83. The second-order valence-electron chi connectivity index (χ2n) is 5.35. The largest absolute Gasteiger partial charge is 0.461 e. The van der Waals surface area contributed by atoms with Gasteiger partial charge in [0.2, 0.25) is 0 Å². The highest BCUT2D eigenvalue weighted by atomic mass is 16.3. The number of hydrogen-bond acceptors (Lipinski definition) is 2. The summed E-state index contributed by atoms with van der Waals surface area (Å²) in [6.45, 7) is 6.29. The highest BCUT2D eigenvalue weighted by Gasteiger charge is 2.18. The first-order valence-corrected chi connectivity index (χ1v) is 6.98. The van der Waals surface area contributed by atoms with Crippen molar-refractivity contribution in [1.29, 1.82) is 0 Å². The van der Waals surface area contributed by atoms with Crippen LogP contribution in [0.15, 0.2) is 40.8 Å². The van der Waals surface area contributed by atoms with Gasteiger partial charge in [-0.15, -0.1) is 0 Å². The molecular formula is C17H22O2. The number of benzene rings is 1. The second kappa shape index (κ2) is 6.07. The number of rotatable bonds is 5. The van der Waals surface area contributed by atoms with Gasteiger partial charge in [0, 0.05) is 17.5 Å². The Labute approximate surface area is 115 Å². The van der Waals surface area contributed by atoms with Crippen LogP contribution in [0.5, 0.6) is 0 Å². The Morgan fingerprint density at radius 3 is 2.42 bits per heavy atom. The molecule has 1 aromatic heterocycles. The van der Waals surface area contributed by atoms with Crippen molar-refractivity contribution < 1.29 is 9.52 Å². The van der Waals surface area contributed by atoms with Crippen LogP contribution in [0, 0.1) is 5.92 Å². The maximum Gasteiger partial charge on any atom is 0.134 e. The third-order valence-corrected chi connectivity index (χ3v) is 3.27. The van der Waals surface area contributed by atoms with E-state index in [1.165, 1.54) is 0 Å². The molecule has 0 fully saturated rings. The topological polar surface area (TPSA) is 33.4 Å². The number of hydrogen-bond donors (Lipinski definition) is 1. The van der Waals surface area contributed by atoms with Gasteiger partial charge < -0.3 is 9.52 Å². The van der Waals surface area contributed by atoms with Crippen molar-refractivity contribution in [2.45, 2.75) is 39.7 Å². The van der Waals surface area contributed by atoms with E-state index in [1.54, 1.807) is 0 Å². The first-order valence-electron chi connectivity index (χ1n) is 6.98. The number of aliphatic hydroxyl groups is 1. The standard InChI is InChI=1S/C17H22O2/c1-4-16-14(15(18)10-12(2)3)11-17(19-16)13-8-6-5-7-9-13/h5-9,11-12,15,18H,4,10H2,1-3H3. The molecule has 0 amide bonds. The number of furan rings is 1. The Balaban J connectivity index is 2.32. The van der Waals surface area contributed by atoms with Gasteiger partial charge in [-0.25, -0.2) is 0 Å². The van der Waals surface area contributed by atoms with Crippen molar-refractivity contribution in [2.24, 2.45) is 5.92 Å². The van der Waals surface area contributed by atoms with E-state index in [9.17, 15) is 5.11 Å². The van der Waals surface area contributed by atoms with E-state index in [4.69, 9.17) is 4.42 Å². The number of aliphatic hydroxyl groups excluding tert-OH is 1. The summed E-state index contributed by atoms with van der Waals surface area (Å²) in [5.74, 6) is 2.21. The van der Waals surface area contributed by atoms with Crippen molar-refractivity contribution >= 4 is 0 Å². The van der Waals surface area contributed by atoms with Gasteiger partial charge in [-0.3, -0.25) is 0 Å². The zero-order chi connectivity index (χ0) is 13.8. The Morgan fingerprint density at radius 1 is 1.16 bits per heavy atom. The Hall–Kier alpha value is -1.54. The van der Waals surface area contributed by atoms with Crippen molar-refractivity contribution in [3.8, 4) is 11.3 Å². The van der Waals surface area contributed by atoms with E-state index in [-0.39, 0.29) is 0 Å². The van der Waals surface area contributed by atoms with Crippen LogP contribution in [0.3, 0.4) is 0 Å². The minimum Gasteiger partial charge on any atom is -0.461 e. The fraction of sp³-hybridized carbons (Fsp3) is 0.412. The lowest BCUT2D eigenvalue weighted by Crippen LogP contribution is -2.02. The van der Waals surface area contributed by atoms with Crippen molar-refractivity contribution in [1.82, 2.24) is 0 Å². The highest BCUT2D eigenvalue weighted by molar-refractivity contribution is 5.59. The van der Waals surface area contributed by atoms with E-state index >= 15 is 0 Å². The predicted molar refractivity (Wildman–Crippen MR) is 77.9 cm³/mol. The first-order chi connectivity index (χ1) is 9.11. The molecule has 1 N–H and O–H groups in total. The molecule has 0 aliphatic rings. The third kappa shape index (κ3) is 3.27. The summed E-state index contributed by atoms with van der Waals surface area (Å²) in [7, 11) is 0. The van der Waals surface area contributed by atoms with Crippen molar-refractivity contribution in [3.63, 3.8) is 0 Å². The molecule has 0 aliphatic heterocycles. The molecule has 2 rings (SSSR count). The molecule has 102 valence electrons. The molecule has 2 aromatic rings. The Kier molecular flexibility index (Phi) is 4.43. The zero-order valence-electron chi connectivity index (χ0n) is 11.9. The predicted octanol–water partition coefficient (Wildman–Crippen LogP) is 4.59. The van der Waals surface area contributed by atoms with Gasteiger partial charge in [0.15, 0.2) is 0 Å². The molecule has 0 saturated heterocycles. The van der Waals surface area contributed by atoms with Crippen LogP contribution in [-0.2, 0) is 6.42 Å².